The molecule has 0 saturated carbocycles. The summed E-state index contributed by atoms with van der Waals surface area (Å²) in [7, 11) is 1.66. The summed E-state index contributed by atoms with van der Waals surface area (Å²) >= 11 is 0. The van der Waals surface area contributed by atoms with Crippen molar-refractivity contribution in [3.63, 3.8) is 0 Å². The molecule has 3 aromatic rings. The molecule has 0 spiro atoms. The summed E-state index contributed by atoms with van der Waals surface area (Å²) in [6.45, 7) is 2.82. The standard InChI is InChI=1S/C25H25N5O5/c1-33-17-3-4-20-19(9-17)21(6-7-26-20)27-15-10-29(11-15)12-18-13-30(25(32)35-18)16-2-5-23-22(8-16)28-24(31)14-34-23/h2-9,15,18H,10-14H2,1H3,(H,26,27)(H,28,31). The number of nitrogens with one attached hydrogen (secondary N) is 2. The van der Waals surface area contributed by atoms with E-state index >= 15 is 0 Å². The van der Waals surface area contributed by atoms with Crippen molar-refractivity contribution < 1.29 is 23.8 Å². The number of fused-ring (bicyclic) bond motifs is 2. The zero-order valence-electron chi connectivity index (χ0n) is 19.2. The number of carbonyl (C=O) groups is 2. The van der Waals surface area contributed by atoms with Gasteiger partial charge >= 0.3 is 6.09 Å². The third-order valence-corrected chi connectivity index (χ3v) is 6.51. The number of cyclic esters (lactones) is 1. The summed E-state index contributed by atoms with van der Waals surface area (Å²) in [5, 5.41) is 7.40. The minimum absolute atomic E-state index is 0.00254. The van der Waals surface area contributed by atoms with Gasteiger partial charge in [0.15, 0.2) is 6.61 Å². The number of aromatic nitrogens is 1. The van der Waals surface area contributed by atoms with Gasteiger partial charge in [0.2, 0.25) is 0 Å². The molecule has 0 radical (unpaired) electrons. The lowest BCUT2D eigenvalue weighted by atomic mass is 10.1. The van der Waals surface area contributed by atoms with Crippen molar-refractivity contribution in [2.75, 3.05) is 55.4 Å². The van der Waals surface area contributed by atoms with Crippen LogP contribution in [0.3, 0.4) is 0 Å². The van der Waals surface area contributed by atoms with Gasteiger partial charge in [-0.1, -0.05) is 0 Å². The lowest BCUT2D eigenvalue weighted by Gasteiger charge is -2.41. The van der Waals surface area contributed by atoms with E-state index in [0.29, 0.717) is 36.3 Å². The minimum atomic E-state index is -0.384. The fourth-order valence-electron chi connectivity index (χ4n) is 4.76. The highest BCUT2D eigenvalue weighted by molar-refractivity contribution is 5.97. The Morgan fingerprint density at radius 3 is 2.89 bits per heavy atom. The van der Waals surface area contributed by atoms with E-state index in [1.807, 2.05) is 24.3 Å². The van der Waals surface area contributed by atoms with E-state index < -0.39 is 0 Å². The van der Waals surface area contributed by atoms with E-state index in [-0.39, 0.29) is 24.7 Å². The lowest BCUT2D eigenvalue weighted by molar-refractivity contribution is -0.118. The number of anilines is 3. The van der Waals surface area contributed by atoms with Crippen LogP contribution in [0, 0.1) is 0 Å². The molecule has 0 aliphatic carbocycles. The number of hydrogen-bond acceptors (Lipinski definition) is 8. The SMILES string of the molecule is COc1ccc2nccc(NC3CN(CC4CN(c5ccc6c(c5)NC(=O)CO6)C(=O)O4)C3)c2c1. The monoisotopic (exact) mass is 475 g/mol. The predicted octanol–water partition coefficient (Wildman–Crippen LogP) is 2.70. The molecule has 1 unspecified atom stereocenters. The number of nitrogens with zero attached hydrogens (tertiary/aromatic N) is 3. The fraction of sp³-hybridized carbons (Fsp3) is 0.320. The zero-order valence-corrected chi connectivity index (χ0v) is 19.2. The molecule has 1 aromatic heterocycles. The number of ether oxygens (including phenoxy) is 3. The number of hydrogen-bond donors (Lipinski definition) is 2. The van der Waals surface area contributed by atoms with Crippen molar-refractivity contribution in [3.05, 3.63) is 48.7 Å². The number of likely N-dealkylation sites (tertiary alicyclic amines) is 1. The van der Waals surface area contributed by atoms with Crippen molar-refractivity contribution in [1.29, 1.82) is 0 Å². The number of pyridine rings is 1. The molecule has 3 aliphatic rings. The van der Waals surface area contributed by atoms with E-state index in [4.69, 9.17) is 14.2 Å². The van der Waals surface area contributed by atoms with Crippen LogP contribution >= 0.6 is 0 Å². The number of amides is 2. The van der Waals surface area contributed by atoms with Crippen molar-refractivity contribution in [3.8, 4) is 11.5 Å². The van der Waals surface area contributed by atoms with Crippen molar-refractivity contribution in [1.82, 2.24) is 9.88 Å². The average Bonchev–Trinajstić information content (AvgIpc) is 3.22. The van der Waals surface area contributed by atoms with Crippen LogP contribution in [0.15, 0.2) is 48.7 Å². The number of rotatable bonds is 6. The molecule has 180 valence electrons. The normalized spacial score (nSPS) is 20.0. The van der Waals surface area contributed by atoms with Crippen molar-refractivity contribution >= 4 is 40.0 Å². The van der Waals surface area contributed by atoms with Crippen LogP contribution in [0.25, 0.3) is 10.9 Å². The van der Waals surface area contributed by atoms with Crippen LogP contribution in [-0.2, 0) is 9.53 Å². The number of benzene rings is 2. The molecule has 0 bridgehead atoms. The van der Waals surface area contributed by atoms with E-state index in [1.165, 1.54) is 0 Å². The second-order valence-electron chi connectivity index (χ2n) is 8.94. The van der Waals surface area contributed by atoms with Crippen LogP contribution in [0.1, 0.15) is 0 Å². The maximum atomic E-state index is 12.5. The highest BCUT2D eigenvalue weighted by atomic mass is 16.6. The molecule has 2 N–H and O–H groups in total. The highest BCUT2D eigenvalue weighted by Gasteiger charge is 2.37. The third-order valence-electron chi connectivity index (χ3n) is 6.51. The molecule has 10 heteroatoms. The average molecular weight is 476 g/mol. The van der Waals surface area contributed by atoms with Crippen LogP contribution in [0.4, 0.5) is 21.9 Å². The van der Waals surface area contributed by atoms with E-state index in [9.17, 15) is 9.59 Å². The van der Waals surface area contributed by atoms with Crippen LogP contribution < -0.4 is 25.0 Å². The van der Waals surface area contributed by atoms with Crippen LogP contribution in [-0.4, -0.2) is 73.9 Å². The molecule has 1 atom stereocenters. The molecular formula is C25H25N5O5. The lowest BCUT2D eigenvalue weighted by Crippen LogP contribution is -2.56. The first-order valence-electron chi connectivity index (χ1n) is 11.5. The summed E-state index contributed by atoms with van der Waals surface area (Å²) in [5.74, 6) is 1.18. The topological polar surface area (TPSA) is 105 Å². The summed E-state index contributed by atoms with van der Waals surface area (Å²) in [6, 6.07) is 13.4. The van der Waals surface area contributed by atoms with E-state index in [1.54, 1.807) is 36.4 Å². The second kappa shape index (κ2) is 8.62. The molecule has 6 rings (SSSR count). The smallest absolute Gasteiger partial charge is 0.414 e. The molecule has 4 heterocycles. The first-order valence-corrected chi connectivity index (χ1v) is 11.5. The first-order chi connectivity index (χ1) is 17.1. The number of carbonyl (C=O) groups excluding carboxylic acids is 2. The quantitative estimate of drug-likeness (QED) is 0.561. The maximum absolute atomic E-state index is 12.5. The van der Waals surface area contributed by atoms with Gasteiger partial charge in [-0.05, 0) is 42.5 Å². The van der Waals surface area contributed by atoms with Gasteiger partial charge in [-0.2, -0.15) is 0 Å². The Hall–Kier alpha value is -4.05. The maximum Gasteiger partial charge on any atom is 0.414 e. The Kier molecular flexibility index (Phi) is 5.29. The minimum Gasteiger partial charge on any atom is -0.497 e. The molecule has 2 saturated heterocycles. The molecular weight excluding hydrogens is 450 g/mol. The molecule has 10 nitrogen and oxygen atoms in total. The summed E-state index contributed by atoms with van der Waals surface area (Å²) in [4.78, 5) is 32.4. The Balaban J connectivity index is 1.05. The van der Waals surface area contributed by atoms with Crippen molar-refractivity contribution in [2.24, 2.45) is 0 Å². The third kappa shape index (κ3) is 4.17. The zero-order chi connectivity index (χ0) is 23.9. The first kappa shape index (κ1) is 21.5. The van der Waals surface area contributed by atoms with Gasteiger partial charge in [-0.3, -0.25) is 19.6 Å². The Labute approximate surface area is 201 Å². The van der Waals surface area contributed by atoms with Crippen LogP contribution in [0.5, 0.6) is 11.5 Å². The van der Waals surface area contributed by atoms with Gasteiger partial charge in [0.25, 0.3) is 5.91 Å². The van der Waals surface area contributed by atoms with E-state index in [0.717, 1.165) is 35.4 Å². The number of methoxy groups -OCH3 is 1. The summed E-state index contributed by atoms with van der Waals surface area (Å²) in [5.41, 5.74) is 3.18. The van der Waals surface area contributed by atoms with Crippen LogP contribution in [0.2, 0.25) is 0 Å². The van der Waals surface area contributed by atoms with Gasteiger partial charge in [0.1, 0.15) is 17.6 Å². The van der Waals surface area contributed by atoms with Gasteiger partial charge < -0.3 is 24.8 Å². The van der Waals surface area contributed by atoms with Crippen molar-refractivity contribution in [2.45, 2.75) is 12.1 Å². The molecule has 2 aromatic carbocycles. The summed E-state index contributed by atoms with van der Waals surface area (Å²) in [6.07, 6.45) is 1.19. The molecule has 3 aliphatic heterocycles. The Morgan fingerprint density at radius 1 is 1.14 bits per heavy atom. The Bertz CT molecular complexity index is 1310. The molecule has 35 heavy (non-hydrogen) atoms. The van der Waals surface area contributed by atoms with Gasteiger partial charge in [0.05, 0.1) is 30.9 Å². The summed E-state index contributed by atoms with van der Waals surface area (Å²) < 4.78 is 16.4. The highest BCUT2D eigenvalue weighted by Crippen LogP contribution is 2.34. The van der Waals surface area contributed by atoms with E-state index in [2.05, 4.69) is 20.5 Å². The predicted molar refractivity (Wildman–Crippen MR) is 130 cm³/mol. The van der Waals surface area contributed by atoms with Gasteiger partial charge in [0, 0.05) is 42.6 Å². The fourth-order valence-corrected chi connectivity index (χ4v) is 4.76. The Morgan fingerprint density at radius 2 is 2.03 bits per heavy atom. The van der Waals surface area contributed by atoms with Gasteiger partial charge in [-0.25, -0.2) is 4.79 Å². The molecule has 2 amide bonds. The second-order valence-corrected chi connectivity index (χ2v) is 8.94. The largest absolute Gasteiger partial charge is 0.497 e. The molecule has 2 fully saturated rings. The van der Waals surface area contributed by atoms with Gasteiger partial charge in [-0.15, -0.1) is 0 Å².